The van der Waals surface area contributed by atoms with Gasteiger partial charge in [-0.25, -0.2) is 0 Å². The van der Waals surface area contributed by atoms with Gasteiger partial charge in [0.25, 0.3) is 0 Å². The molecule has 0 aromatic heterocycles. The first-order chi connectivity index (χ1) is 8.26. The largest absolute Gasteiger partial charge is 0.311 e. The van der Waals surface area contributed by atoms with E-state index >= 15 is 0 Å². The molecule has 0 aliphatic heterocycles. The van der Waals surface area contributed by atoms with E-state index in [1.54, 1.807) is 0 Å². The molecule has 1 aromatic carbocycles. The average Bonchev–Trinajstić information content (AvgIpc) is 2.12. The molecule has 0 aliphatic rings. The van der Waals surface area contributed by atoms with Crippen molar-refractivity contribution in [2.75, 3.05) is 20.1 Å². The van der Waals surface area contributed by atoms with Gasteiger partial charge in [-0.3, -0.25) is 0 Å². The summed E-state index contributed by atoms with van der Waals surface area (Å²) in [5.41, 5.74) is 2.69. The van der Waals surface area contributed by atoms with Crippen LogP contribution in [0.4, 0.5) is 0 Å². The van der Waals surface area contributed by atoms with Gasteiger partial charge < -0.3 is 10.2 Å². The highest BCUT2D eigenvalue weighted by Crippen LogP contribution is 2.15. The molecule has 0 bridgehead atoms. The van der Waals surface area contributed by atoms with Crippen LogP contribution in [-0.4, -0.2) is 30.6 Å². The van der Waals surface area contributed by atoms with Crippen molar-refractivity contribution >= 4 is 11.6 Å². The number of nitrogens with one attached hydrogen (secondary N) is 1. The Labute approximate surface area is 116 Å². The molecule has 0 atom stereocenters. The second-order valence-electron chi connectivity index (χ2n) is 6.05. The smallest absolute Gasteiger partial charge is 0.0411 e. The summed E-state index contributed by atoms with van der Waals surface area (Å²) < 4.78 is 0. The number of rotatable bonds is 5. The van der Waals surface area contributed by atoms with Crippen LogP contribution >= 0.6 is 11.6 Å². The van der Waals surface area contributed by atoms with Crippen LogP contribution in [0.2, 0.25) is 5.02 Å². The molecule has 0 unspecified atom stereocenters. The molecule has 1 rings (SSSR count). The fourth-order valence-electron chi connectivity index (χ4n) is 1.92. The van der Waals surface area contributed by atoms with Crippen molar-refractivity contribution in [1.29, 1.82) is 0 Å². The summed E-state index contributed by atoms with van der Waals surface area (Å²) in [6, 6.07) is 6.23. The van der Waals surface area contributed by atoms with Crippen LogP contribution in [0.3, 0.4) is 0 Å². The molecule has 0 amide bonds. The fourth-order valence-corrected chi connectivity index (χ4v) is 2.23. The van der Waals surface area contributed by atoms with E-state index in [2.05, 4.69) is 51.0 Å². The van der Waals surface area contributed by atoms with Gasteiger partial charge in [-0.15, -0.1) is 0 Å². The van der Waals surface area contributed by atoms with E-state index in [9.17, 15) is 0 Å². The first-order valence-electron chi connectivity index (χ1n) is 6.46. The van der Waals surface area contributed by atoms with Gasteiger partial charge in [0.15, 0.2) is 0 Å². The highest BCUT2D eigenvalue weighted by atomic mass is 35.5. The highest BCUT2D eigenvalue weighted by Gasteiger charge is 2.08. The number of benzene rings is 1. The van der Waals surface area contributed by atoms with Crippen LogP contribution in [0.25, 0.3) is 0 Å². The summed E-state index contributed by atoms with van der Waals surface area (Å²) in [7, 11) is 2.14. The molecule has 0 heterocycles. The Morgan fingerprint density at radius 1 is 1.22 bits per heavy atom. The standard InChI is InChI=1S/C15H25ClN2/c1-12-8-13(10-14(16)9-12)11-18(5)7-6-17-15(2,3)4/h8-10,17H,6-7,11H2,1-5H3. The van der Waals surface area contributed by atoms with Crippen molar-refractivity contribution in [3.63, 3.8) is 0 Å². The quantitative estimate of drug-likeness (QED) is 0.880. The van der Waals surface area contributed by atoms with Crippen molar-refractivity contribution in [3.05, 3.63) is 34.3 Å². The molecule has 1 N–H and O–H groups in total. The number of halogens is 1. The summed E-state index contributed by atoms with van der Waals surface area (Å²) >= 11 is 6.07. The van der Waals surface area contributed by atoms with Crippen molar-refractivity contribution in [1.82, 2.24) is 10.2 Å². The minimum atomic E-state index is 0.188. The zero-order chi connectivity index (χ0) is 13.8. The molecule has 2 nitrogen and oxygen atoms in total. The monoisotopic (exact) mass is 268 g/mol. The topological polar surface area (TPSA) is 15.3 Å². The van der Waals surface area contributed by atoms with E-state index < -0.39 is 0 Å². The van der Waals surface area contributed by atoms with E-state index in [0.717, 1.165) is 24.7 Å². The third kappa shape index (κ3) is 6.39. The van der Waals surface area contributed by atoms with Gasteiger partial charge in [-0.05, 0) is 58.0 Å². The molecular weight excluding hydrogens is 244 g/mol. The fraction of sp³-hybridized carbons (Fsp3) is 0.600. The Hall–Kier alpha value is -0.570. The lowest BCUT2D eigenvalue weighted by Gasteiger charge is -2.23. The maximum Gasteiger partial charge on any atom is 0.0411 e. The number of aryl methyl sites for hydroxylation is 1. The molecule has 0 radical (unpaired) electrons. The van der Waals surface area contributed by atoms with Crippen LogP contribution < -0.4 is 5.32 Å². The third-order valence-electron chi connectivity index (χ3n) is 2.70. The maximum absolute atomic E-state index is 6.07. The number of hydrogen-bond donors (Lipinski definition) is 1. The Bertz CT molecular complexity index is 362. The van der Waals surface area contributed by atoms with Crippen LogP contribution in [0, 0.1) is 6.92 Å². The zero-order valence-corrected chi connectivity index (χ0v) is 12.9. The molecule has 102 valence electrons. The van der Waals surface area contributed by atoms with E-state index in [1.165, 1.54) is 11.1 Å². The zero-order valence-electron chi connectivity index (χ0n) is 12.2. The van der Waals surface area contributed by atoms with Crippen molar-refractivity contribution in [2.24, 2.45) is 0 Å². The van der Waals surface area contributed by atoms with Crippen molar-refractivity contribution in [3.8, 4) is 0 Å². The number of nitrogens with zero attached hydrogens (tertiary/aromatic N) is 1. The molecule has 0 fully saturated rings. The summed E-state index contributed by atoms with van der Waals surface area (Å²) in [6.07, 6.45) is 0. The maximum atomic E-state index is 6.07. The van der Waals surface area contributed by atoms with Gasteiger partial charge in [0.05, 0.1) is 0 Å². The third-order valence-corrected chi connectivity index (χ3v) is 2.92. The number of likely N-dealkylation sites (N-methyl/N-ethyl adjacent to an activating group) is 1. The molecule has 1 aromatic rings. The van der Waals surface area contributed by atoms with Crippen molar-refractivity contribution in [2.45, 2.75) is 39.8 Å². The minimum Gasteiger partial charge on any atom is -0.311 e. The van der Waals surface area contributed by atoms with Gasteiger partial charge in [-0.1, -0.05) is 17.7 Å². The highest BCUT2D eigenvalue weighted by molar-refractivity contribution is 6.30. The Kier molecular flexibility index (Phi) is 5.64. The van der Waals surface area contributed by atoms with E-state index in [-0.39, 0.29) is 5.54 Å². The van der Waals surface area contributed by atoms with E-state index in [0.29, 0.717) is 0 Å². The summed E-state index contributed by atoms with van der Waals surface area (Å²) in [5, 5.41) is 4.32. The van der Waals surface area contributed by atoms with Gasteiger partial charge in [-0.2, -0.15) is 0 Å². The first kappa shape index (κ1) is 15.5. The predicted octanol–water partition coefficient (Wildman–Crippen LogP) is 3.47. The van der Waals surface area contributed by atoms with E-state index in [4.69, 9.17) is 11.6 Å². The molecule has 0 saturated carbocycles. The van der Waals surface area contributed by atoms with E-state index in [1.807, 2.05) is 12.1 Å². The van der Waals surface area contributed by atoms with Crippen LogP contribution in [-0.2, 0) is 6.54 Å². The SMILES string of the molecule is Cc1cc(Cl)cc(CN(C)CCNC(C)(C)C)c1. The predicted molar refractivity (Wildman–Crippen MR) is 80.3 cm³/mol. The van der Waals surface area contributed by atoms with Gasteiger partial charge in [0.1, 0.15) is 0 Å². The molecular formula is C15H25ClN2. The first-order valence-corrected chi connectivity index (χ1v) is 6.84. The molecule has 18 heavy (non-hydrogen) atoms. The van der Waals surface area contributed by atoms with Crippen molar-refractivity contribution < 1.29 is 0 Å². The van der Waals surface area contributed by atoms with Crippen LogP contribution in [0.15, 0.2) is 18.2 Å². The summed E-state index contributed by atoms with van der Waals surface area (Å²) in [6.45, 7) is 11.6. The van der Waals surface area contributed by atoms with Gasteiger partial charge >= 0.3 is 0 Å². The normalized spacial score (nSPS) is 12.2. The second kappa shape index (κ2) is 6.55. The minimum absolute atomic E-state index is 0.188. The average molecular weight is 269 g/mol. The Morgan fingerprint density at radius 3 is 2.44 bits per heavy atom. The summed E-state index contributed by atoms with van der Waals surface area (Å²) in [4.78, 5) is 2.31. The molecule has 3 heteroatoms. The molecule has 0 saturated heterocycles. The lowest BCUT2D eigenvalue weighted by Crippen LogP contribution is -2.40. The molecule has 0 aliphatic carbocycles. The lowest BCUT2D eigenvalue weighted by molar-refractivity contribution is 0.303. The van der Waals surface area contributed by atoms with Crippen LogP contribution in [0.1, 0.15) is 31.9 Å². The van der Waals surface area contributed by atoms with Gasteiger partial charge in [0.2, 0.25) is 0 Å². The Morgan fingerprint density at radius 2 is 1.89 bits per heavy atom. The Balaban J connectivity index is 2.42. The second-order valence-corrected chi connectivity index (χ2v) is 6.49. The number of hydrogen-bond acceptors (Lipinski definition) is 2. The lowest BCUT2D eigenvalue weighted by atomic mass is 10.1. The van der Waals surface area contributed by atoms with Crippen LogP contribution in [0.5, 0.6) is 0 Å². The van der Waals surface area contributed by atoms with Gasteiger partial charge in [0, 0.05) is 30.2 Å². The molecule has 0 spiro atoms. The summed E-state index contributed by atoms with van der Waals surface area (Å²) in [5.74, 6) is 0.